The van der Waals surface area contributed by atoms with E-state index in [9.17, 15) is 8.42 Å². The SMILES string of the molecule is CN(c1ccnc(C(=N)N)c1)C1CCS(=O)(=O)C1. The van der Waals surface area contributed by atoms with Gasteiger partial charge in [0, 0.05) is 25.0 Å². The summed E-state index contributed by atoms with van der Waals surface area (Å²) < 4.78 is 22.9. The molecular formula is C11H16N4O2S. The second-order valence-corrected chi connectivity index (χ2v) is 6.71. The number of nitrogen functional groups attached to an aromatic ring is 1. The largest absolute Gasteiger partial charge is 0.382 e. The van der Waals surface area contributed by atoms with Gasteiger partial charge in [-0.05, 0) is 18.6 Å². The van der Waals surface area contributed by atoms with E-state index in [0.29, 0.717) is 12.1 Å². The number of rotatable bonds is 3. The zero-order chi connectivity index (χ0) is 13.3. The third kappa shape index (κ3) is 2.61. The Bertz CT molecular complexity index is 570. The number of hydrogen-bond donors (Lipinski definition) is 2. The highest BCUT2D eigenvalue weighted by Gasteiger charge is 2.30. The highest BCUT2D eigenvalue weighted by molar-refractivity contribution is 7.91. The lowest BCUT2D eigenvalue weighted by molar-refractivity contribution is 0.601. The smallest absolute Gasteiger partial charge is 0.152 e. The number of nitrogens with zero attached hydrogens (tertiary/aromatic N) is 2. The lowest BCUT2D eigenvalue weighted by Gasteiger charge is -2.25. The van der Waals surface area contributed by atoms with Gasteiger partial charge in [0.2, 0.25) is 0 Å². The molecule has 1 aromatic heterocycles. The fourth-order valence-corrected chi connectivity index (χ4v) is 3.85. The average molecular weight is 268 g/mol. The van der Waals surface area contributed by atoms with Gasteiger partial charge in [-0.3, -0.25) is 10.4 Å². The van der Waals surface area contributed by atoms with Crippen molar-refractivity contribution in [3.63, 3.8) is 0 Å². The summed E-state index contributed by atoms with van der Waals surface area (Å²) in [5, 5.41) is 7.35. The van der Waals surface area contributed by atoms with Crippen molar-refractivity contribution in [3.8, 4) is 0 Å². The summed E-state index contributed by atoms with van der Waals surface area (Å²) in [7, 11) is -1.05. The Morgan fingerprint density at radius 3 is 2.89 bits per heavy atom. The molecule has 0 aromatic carbocycles. The highest BCUT2D eigenvalue weighted by Crippen LogP contribution is 2.22. The van der Waals surface area contributed by atoms with Crippen molar-refractivity contribution in [1.29, 1.82) is 5.41 Å². The van der Waals surface area contributed by atoms with Gasteiger partial charge >= 0.3 is 0 Å². The Morgan fingerprint density at radius 2 is 2.33 bits per heavy atom. The number of nitrogens with one attached hydrogen (secondary N) is 1. The lowest BCUT2D eigenvalue weighted by atomic mass is 10.2. The lowest BCUT2D eigenvalue weighted by Crippen LogP contribution is -2.32. The highest BCUT2D eigenvalue weighted by atomic mass is 32.2. The van der Waals surface area contributed by atoms with Gasteiger partial charge in [-0.15, -0.1) is 0 Å². The van der Waals surface area contributed by atoms with Crippen LogP contribution in [0.4, 0.5) is 5.69 Å². The van der Waals surface area contributed by atoms with Crippen LogP contribution in [0.2, 0.25) is 0 Å². The minimum atomic E-state index is -2.90. The Balaban J connectivity index is 2.21. The Kier molecular flexibility index (Phi) is 3.25. The first-order valence-electron chi connectivity index (χ1n) is 5.63. The number of hydrogen-bond acceptors (Lipinski definition) is 5. The minimum Gasteiger partial charge on any atom is -0.382 e. The molecule has 1 aromatic rings. The molecule has 0 amide bonds. The number of pyridine rings is 1. The first-order chi connectivity index (χ1) is 8.39. The van der Waals surface area contributed by atoms with Crippen LogP contribution in [0.5, 0.6) is 0 Å². The predicted octanol–water partition coefficient (Wildman–Crippen LogP) is -0.0110. The molecule has 0 saturated carbocycles. The quantitative estimate of drug-likeness (QED) is 0.593. The van der Waals surface area contributed by atoms with Gasteiger partial charge in [0.1, 0.15) is 11.5 Å². The second kappa shape index (κ2) is 4.56. The van der Waals surface area contributed by atoms with E-state index in [2.05, 4.69) is 4.98 Å². The molecule has 2 heterocycles. The molecule has 0 spiro atoms. The Labute approximate surface area is 106 Å². The van der Waals surface area contributed by atoms with E-state index in [0.717, 1.165) is 5.69 Å². The topological polar surface area (TPSA) is 100 Å². The molecule has 1 aliphatic rings. The first kappa shape index (κ1) is 12.8. The van der Waals surface area contributed by atoms with E-state index in [1.54, 1.807) is 18.3 Å². The van der Waals surface area contributed by atoms with Crippen LogP contribution in [0, 0.1) is 5.41 Å². The van der Waals surface area contributed by atoms with Gasteiger partial charge in [0.25, 0.3) is 0 Å². The van der Waals surface area contributed by atoms with Crippen LogP contribution < -0.4 is 10.6 Å². The molecule has 18 heavy (non-hydrogen) atoms. The van der Waals surface area contributed by atoms with E-state index in [1.165, 1.54) is 0 Å². The molecule has 0 bridgehead atoms. The Hall–Kier alpha value is -1.63. The summed E-state index contributed by atoms with van der Waals surface area (Å²) in [5.74, 6) is 0.331. The maximum Gasteiger partial charge on any atom is 0.152 e. The molecule has 0 radical (unpaired) electrons. The zero-order valence-electron chi connectivity index (χ0n) is 10.1. The summed E-state index contributed by atoms with van der Waals surface area (Å²) in [6.07, 6.45) is 2.21. The summed E-state index contributed by atoms with van der Waals surface area (Å²) in [5.41, 5.74) is 6.62. The summed E-state index contributed by atoms with van der Waals surface area (Å²) in [6, 6.07) is 3.47. The molecule has 2 rings (SSSR count). The van der Waals surface area contributed by atoms with Crippen LogP contribution in [0.1, 0.15) is 12.1 Å². The average Bonchev–Trinajstić information content (AvgIpc) is 2.69. The van der Waals surface area contributed by atoms with Crippen LogP contribution in [0.25, 0.3) is 0 Å². The molecule has 3 N–H and O–H groups in total. The van der Waals surface area contributed by atoms with E-state index in [1.807, 2.05) is 11.9 Å². The predicted molar refractivity (Wildman–Crippen MR) is 70.7 cm³/mol. The number of anilines is 1. The Morgan fingerprint density at radius 1 is 1.61 bits per heavy atom. The monoisotopic (exact) mass is 268 g/mol. The molecule has 1 fully saturated rings. The van der Waals surface area contributed by atoms with Crippen molar-refractivity contribution in [2.24, 2.45) is 5.73 Å². The molecule has 1 atom stereocenters. The molecule has 0 aliphatic carbocycles. The third-order valence-corrected chi connectivity index (χ3v) is 4.93. The van der Waals surface area contributed by atoms with Crippen molar-refractivity contribution in [2.45, 2.75) is 12.5 Å². The molecular weight excluding hydrogens is 252 g/mol. The van der Waals surface area contributed by atoms with Crippen LogP contribution in [0.15, 0.2) is 18.3 Å². The van der Waals surface area contributed by atoms with Gasteiger partial charge in [-0.2, -0.15) is 0 Å². The van der Waals surface area contributed by atoms with Crippen molar-refractivity contribution < 1.29 is 8.42 Å². The second-order valence-electron chi connectivity index (χ2n) is 4.48. The van der Waals surface area contributed by atoms with Gasteiger partial charge < -0.3 is 10.6 Å². The number of nitrogens with two attached hydrogens (primary N) is 1. The fraction of sp³-hybridized carbons (Fsp3) is 0.455. The van der Waals surface area contributed by atoms with Crippen LogP contribution in [-0.2, 0) is 9.84 Å². The van der Waals surface area contributed by atoms with Crippen LogP contribution >= 0.6 is 0 Å². The van der Waals surface area contributed by atoms with E-state index in [4.69, 9.17) is 11.1 Å². The van der Waals surface area contributed by atoms with Crippen LogP contribution in [0.3, 0.4) is 0 Å². The first-order valence-corrected chi connectivity index (χ1v) is 7.45. The zero-order valence-corrected chi connectivity index (χ0v) is 10.9. The van der Waals surface area contributed by atoms with Crippen LogP contribution in [-0.4, -0.2) is 43.8 Å². The molecule has 1 aliphatic heterocycles. The van der Waals surface area contributed by atoms with E-state index in [-0.39, 0.29) is 23.4 Å². The maximum absolute atomic E-state index is 11.5. The van der Waals surface area contributed by atoms with E-state index < -0.39 is 9.84 Å². The standard InChI is InChI=1S/C11H16N4O2S/c1-15(9-3-5-18(16,17)7-9)8-2-4-14-10(6-8)11(12)13/h2,4,6,9H,3,5,7H2,1H3,(H3,12,13). The molecule has 1 saturated heterocycles. The number of aromatic nitrogens is 1. The number of amidine groups is 1. The summed E-state index contributed by atoms with van der Waals surface area (Å²) in [6.45, 7) is 0. The van der Waals surface area contributed by atoms with Crippen molar-refractivity contribution >= 4 is 21.4 Å². The van der Waals surface area contributed by atoms with Gasteiger partial charge in [-0.25, -0.2) is 8.42 Å². The molecule has 98 valence electrons. The molecule has 7 heteroatoms. The van der Waals surface area contributed by atoms with Gasteiger partial charge in [0.15, 0.2) is 9.84 Å². The van der Waals surface area contributed by atoms with Crippen molar-refractivity contribution in [1.82, 2.24) is 4.98 Å². The molecule has 6 nitrogen and oxygen atoms in total. The van der Waals surface area contributed by atoms with Gasteiger partial charge in [0.05, 0.1) is 11.5 Å². The summed E-state index contributed by atoms with van der Waals surface area (Å²) >= 11 is 0. The third-order valence-electron chi connectivity index (χ3n) is 3.18. The normalized spacial score (nSPS) is 21.7. The number of sulfone groups is 1. The summed E-state index contributed by atoms with van der Waals surface area (Å²) in [4.78, 5) is 5.90. The molecule has 1 unspecified atom stereocenters. The minimum absolute atomic E-state index is 0.0165. The van der Waals surface area contributed by atoms with E-state index >= 15 is 0 Å². The fourth-order valence-electron chi connectivity index (χ4n) is 2.08. The van der Waals surface area contributed by atoms with Crippen molar-refractivity contribution in [3.05, 3.63) is 24.0 Å². The maximum atomic E-state index is 11.5. The van der Waals surface area contributed by atoms with Gasteiger partial charge in [-0.1, -0.05) is 0 Å². The van der Waals surface area contributed by atoms with Crippen molar-refractivity contribution in [2.75, 3.05) is 23.5 Å².